The van der Waals surface area contributed by atoms with Crippen molar-refractivity contribution in [3.8, 4) is 0 Å². The summed E-state index contributed by atoms with van der Waals surface area (Å²) in [6, 6.07) is 9.41. The third-order valence-corrected chi connectivity index (χ3v) is 1.49. The summed E-state index contributed by atoms with van der Waals surface area (Å²) in [5.41, 5.74) is 0.995. The predicted molar refractivity (Wildman–Crippen MR) is 45.4 cm³/mol. The Kier molecular flexibility index (Phi) is 3.20. The minimum absolute atomic E-state index is 0.211. The largest absolute Gasteiger partial charge is 0.295 e. The van der Waals surface area contributed by atoms with Crippen molar-refractivity contribution in [2.45, 2.75) is 6.42 Å². The highest BCUT2D eigenvalue weighted by Gasteiger charge is 1.90. The zero-order valence-electron chi connectivity index (χ0n) is 6.53. The van der Waals surface area contributed by atoms with Crippen molar-refractivity contribution in [2.24, 2.45) is 0 Å². The van der Waals surface area contributed by atoms with Gasteiger partial charge in [-0.15, -0.1) is 0 Å². The van der Waals surface area contributed by atoms with Crippen LogP contribution in [-0.4, -0.2) is 6.29 Å². The van der Waals surface area contributed by atoms with Gasteiger partial charge in [0.1, 0.15) is 0 Å². The molecule has 2 heteroatoms. The normalized spacial score (nSPS) is 11.2. The second kappa shape index (κ2) is 4.44. The van der Waals surface area contributed by atoms with Crippen LogP contribution in [0.4, 0.5) is 4.39 Å². The van der Waals surface area contributed by atoms with Crippen LogP contribution in [0, 0.1) is 0 Å². The fraction of sp³-hybridized carbons (Fsp3) is 0.100. The van der Waals surface area contributed by atoms with Crippen LogP contribution >= 0.6 is 0 Å². The third-order valence-electron chi connectivity index (χ3n) is 1.49. The van der Waals surface area contributed by atoms with Crippen molar-refractivity contribution in [1.82, 2.24) is 0 Å². The topological polar surface area (TPSA) is 17.1 Å². The van der Waals surface area contributed by atoms with E-state index >= 15 is 0 Å². The highest BCUT2D eigenvalue weighted by atomic mass is 19.1. The molecule has 0 fully saturated rings. The van der Waals surface area contributed by atoms with E-state index in [2.05, 4.69) is 0 Å². The molecule has 0 aromatic heterocycles. The van der Waals surface area contributed by atoms with Crippen LogP contribution in [0.1, 0.15) is 5.56 Å². The lowest BCUT2D eigenvalue weighted by molar-refractivity contribution is -0.106. The lowest BCUT2D eigenvalue weighted by atomic mass is 10.1. The van der Waals surface area contributed by atoms with Gasteiger partial charge in [0.25, 0.3) is 0 Å². The minimum atomic E-state index is -0.709. The quantitative estimate of drug-likeness (QED) is 0.494. The van der Waals surface area contributed by atoms with Crippen molar-refractivity contribution in [3.63, 3.8) is 0 Å². The molecule has 0 unspecified atom stereocenters. The summed E-state index contributed by atoms with van der Waals surface area (Å²) in [6.07, 6.45) is 1.94. The average molecular weight is 164 g/mol. The monoisotopic (exact) mass is 164 g/mol. The van der Waals surface area contributed by atoms with E-state index in [1.807, 2.05) is 30.3 Å². The molecule has 0 N–H and O–H groups in total. The number of benzene rings is 1. The Morgan fingerprint density at radius 1 is 1.33 bits per heavy atom. The molecule has 0 heterocycles. The molecule has 0 atom stereocenters. The summed E-state index contributed by atoms with van der Waals surface area (Å²) in [5.74, 6) is -0.709. The van der Waals surface area contributed by atoms with Crippen LogP contribution in [0.25, 0.3) is 0 Å². The van der Waals surface area contributed by atoms with E-state index in [4.69, 9.17) is 0 Å². The number of aldehydes is 1. The van der Waals surface area contributed by atoms with Gasteiger partial charge in [0.05, 0.1) is 0 Å². The minimum Gasteiger partial charge on any atom is -0.295 e. The zero-order chi connectivity index (χ0) is 8.81. The van der Waals surface area contributed by atoms with Gasteiger partial charge < -0.3 is 0 Å². The smallest absolute Gasteiger partial charge is 0.178 e. The van der Waals surface area contributed by atoms with Crippen LogP contribution in [0.2, 0.25) is 0 Å². The van der Waals surface area contributed by atoms with Crippen molar-refractivity contribution >= 4 is 6.29 Å². The molecule has 62 valence electrons. The molecule has 12 heavy (non-hydrogen) atoms. The summed E-state index contributed by atoms with van der Waals surface area (Å²) >= 11 is 0. The number of carbonyl (C=O) groups is 1. The fourth-order valence-electron chi connectivity index (χ4n) is 0.878. The van der Waals surface area contributed by atoms with Crippen LogP contribution < -0.4 is 0 Å². The Labute approximate surface area is 70.5 Å². The standard InChI is InChI=1S/C10H9FO/c11-10(8-12)7-6-9-4-2-1-3-5-9/h1-5,7-8H,6H2. The zero-order valence-corrected chi connectivity index (χ0v) is 6.53. The van der Waals surface area contributed by atoms with Crippen molar-refractivity contribution < 1.29 is 9.18 Å². The maximum Gasteiger partial charge on any atom is 0.178 e. The van der Waals surface area contributed by atoms with E-state index < -0.39 is 5.83 Å². The van der Waals surface area contributed by atoms with Crippen molar-refractivity contribution in [1.29, 1.82) is 0 Å². The molecule has 0 amide bonds. The number of allylic oxidation sites excluding steroid dienone is 2. The summed E-state index contributed by atoms with van der Waals surface area (Å²) in [6.45, 7) is 0. The van der Waals surface area contributed by atoms with Crippen LogP contribution in [0.5, 0.6) is 0 Å². The summed E-state index contributed by atoms with van der Waals surface area (Å²) in [5, 5.41) is 0. The van der Waals surface area contributed by atoms with E-state index in [9.17, 15) is 9.18 Å². The van der Waals surface area contributed by atoms with E-state index in [-0.39, 0.29) is 6.29 Å². The molecular weight excluding hydrogens is 155 g/mol. The number of hydrogen-bond acceptors (Lipinski definition) is 1. The summed E-state index contributed by atoms with van der Waals surface area (Å²) in [4.78, 5) is 9.88. The maximum atomic E-state index is 12.3. The van der Waals surface area contributed by atoms with E-state index in [0.717, 1.165) is 5.56 Å². The van der Waals surface area contributed by atoms with Crippen LogP contribution in [0.3, 0.4) is 0 Å². The number of halogens is 1. The van der Waals surface area contributed by atoms with Gasteiger partial charge in [-0.3, -0.25) is 4.79 Å². The highest BCUT2D eigenvalue weighted by molar-refractivity contribution is 5.69. The molecule has 1 aromatic carbocycles. The first-order valence-corrected chi connectivity index (χ1v) is 3.67. The molecule has 0 aliphatic rings. The van der Waals surface area contributed by atoms with Gasteiger partial charge in [-0.05, 0) is 18.1 Å². The SMILES string of the molecule is O=CC(F)=CCc1ccccc1. The number of carbonyl (C=O) groups excluding carboxylic acids is 1. The Bertz CT molecular complexity index is 277. The van der Waals surface area contributed by atoms with E-state index in [0.29, 0.717) is 6.42 Å². The van der Waals surface area contributed by atoms with Gasteiger partial charge in [0.2, 0.25) is 0 Å². The van der Waals surface area contributed by atoms with E-state index in [1.54, 1.807) is 0 Å². The van der Waals surface area contributed by atoms with Gasteiger partial charge in [-0.25, -0.2) is 4.39 Å². The van der Waals surface area contributed by atoms with Crippen LogP contribution in [0.15, 0.2) is 42.2 Å². The predicted octanol–water partition coefficient (Wildman–Crippen LogP) is 2.28. The molecule has 0 aliphatic carbocycles. The Morgan fingerprint density at radius 3 is 2.58 bits per heavy atom. The van der Waals surface area contributed by atoms with Gasteiger partial charge in [-0.2, -0.15) is 0 Å². The molecule has 1 rings (SSSR count). The van der Waals surface area contributed by atoms with Gasteiger partial charge >= 0.3 is 0 Å². The lowest BCUT2D eigenvalue weighted by Crippen LogP contribution is -1.81. The van der Waals surface area contributed by atoms with Gasteiger partial charge in [0, 0.05) is 0 Å². The van der Waals surface area contributed by atoms with Crippen molar-refractivity contribution in [2.75, 3.05) is 0 Å². The van der Waals surface area contributed by atoms with Gasteiger partial charge in [-0.1, -0.05) is 30.3 Å². The highest BCUT2D eigenvalue weighted by Crippen LogP contribution is 2.02. The number of hydrogen-bond donors (Lipinski definition) is 0. The average Bonchev–Trinajstić information content (AvgIpc) is 2.16. The molecular formula is C10H9FO. The van der Waals surface area contributed by atoms with Crippen LogP contribution in [-0.2, 0) is 11.2 Å². The first kappa shape index (κ1) is 8.65. The molecule has 0 bridgehead atoms. The van der Waals surface area contributed by atoms with E-state index in [1.165, 1.54) is 6.08 Å². The molecule has 0 saturated carbocycles. The Balaban J connectivity index is 2.60. The molecule has 1 nitrogen and oxygen atoms in total. The summed E-state index contributed by atoms with van der Waals surface area (Å²) in [7, 11) is 0. The number of rotatable bonds is 3. The first-order valence-electron chi connectivity index (χ1n) is 3.67. The molecule has 0 aliphatic heterocycles. The maximum absolute atomic E-state index is 12.3. The molecule has 1 aromatic rings. The molecule has 0 saturated heterocycles. The second-order valence-corrected chi connectivity index (χ2v) is 2.40. The first-order chi connectivity index (χ1) is 5.83. The third kappa shape index (κ3) is 2.66. The fourth-order valence-corrected chi connectivity index (χ4v) is 0.878. The Hall–Kier alpha value is -1.44. The Morgan fingerprint density at radius 2 is 2.00 bits per heavy atom. The van der Waals surface area contributed by atoms with Crippen molar-refractivity contribution in [3.05, 3.63) is 47.8 Å². The molecule has 0 spiro atoms. The lowest BCUT2D eigenvalue weighted by Gasteiger charge is -1.92. The second-order valence-electron chi connectivity index (χ2n) is 2.40. The summed E-state index contributed by atoms with van der Waals surface area (Å²) < 4.78 is 12.3. The van der Waals surface area contributed by atoms with Gasteiger partial charge in [0.15, 0.2) is 12.1 Å². The molecule has 0 radical (unpaired) electrons.